The van der Waals surface area contributed by atoms with Crippen LogP contribution >= 0.6 is 0 Å². The molecule has 1 atom stereocenters. The number of rotatable bonds is 6. The number of aromatic amines is 1. The van der Waals surface area contributed by atoms with Crippen molar-refractivity contribution in [3.05, 3.63) is 52.2 Å². The predicted octanol–water partition coefficient (Wildman–Crippen LogP) is 1.61. The number of fused-ring (bicyclic) bond motifs is 5. The first-order valence-electron chi connectivity index (χ1n) is 13.1. The fraction of sp³-hybridized carbons (Fsp3) is 0.444. The maximum atomic E-state index is 13.7. The summed E-state index contributed by atoms with van der Waals surface area (Å²) in [5.41, 5.74) is 2.47. The van der Waals surface area contributed by atoms with Gasteiger partial charge < -0.3 is 25.2 Å². The average Bonchev–Trinajstić information content (AvgIpc) is 3.56. The Morgan fingerprint density at radius 1 is 1.08 bits per heavy atom. The summed E-state index contributed by atoms with van der Waals surface area (Å²) in [4.78, 5) is 41.8. The first-order valence-corrected chi connectivity index (χ1v) is 13.1. The van der Waals surface area contributed by atoms with E-state index < -0.39 is 6.23 Å². The van der Waals surface area contributed by atoms with Crippen molar-refractivity contribution in [3.63, 3.8) is 0 Å². The molecule has 2 aliphatic rings. The van der Waals surface area contributed by atoms with Crippen LogP contribution < -0.4 is 15.6 Å². The second kappa shape index (κ2) is 9.77. The number of benzene rings is 1. The van der Waals surface area contributed by atoms with Crippen molar-refractivity contribution in [3.8, 4) is 0 Å². The van der Waals surface area contributed by atoms with Crippen molar-refractivity contribution in [1.82, 2.24) is 29.5 Å². The van der Waals surface area contributed by atoms with Crippen LogP contribution in [0.1, 0.15) is 30.1 Å². The third-order valence-electron chi connectivity index (χ3n) is 7.71. The van der Waals surface area contributed by atoms with Crippen molar-refractivity contribution in [2.75, 3.05) is 57.3 Å². The SMILES string of the molecule is CC(O)N1CCN(c2ccc3c(=O)c(C(=O)NCCN4CCCC4)c4[nH]c5ccccc5n4c3n2)CC1. The largest absolute Gasteiger partial charge is 0.379 e. The lowest BCUT2D eigenvalue weighted by molar-refractivity contribution is 0.0152. The summed E-state index contributed by atoms with van der Waals surface area (Å²) in [5.74, 6) is 0.410. The Labute approximate surface area is 214 Å². The lowest BCUT2D eigenvalue weighted by Gasteiger charge is -2.36. The van der Waals surface area contributed by atoms with E-state index in [1.807, 2.05) is 39.6 Å². The number of hydrogen-bond acceptors (Lipinski definition) is 7. The van der Waals surface area contributed by atoms with Crippen LogP contribution in [0.5, 0.6) is 0 Å². The minimum atomic E-state index is -0.476. The van der Waals surface area contributed by atoms with Gasteiger partial charge in [-0.2, -0.15) is 0 Å². The number of carbonyl (C=O) groups is 1. The quantitative estimate of drug-likeness (QED) is 0.367. The van der Waals surface area contributed by atoms with E-state index in [1.54, 1.807) is 13.0 Å². The van der Waals surface area contributed by atoms with Crippen LogP contribution in [-0.4, -0.2) is 93.8 Å². The Morgan fingerprint density at radius 2 is 1.84 bits per heavy atom. The first kappa shape index (κ1) is 23.9. The summed E-state index contributed by atoms with van der Waals surface area (Å²) in [7, 11) is 0. The number of likely N-dealkylation sites (tertiary alicyclic amines) is 1. The summed E-state index contributed by atoms with van der Waals surface area (Å²) >= 11 is 0. The number of hydrogen-bond donors (Lipinski definition) is 3. The molecule has 10 heteroatoms. The molecule has 1 unspecified atom stereocenters. The van der Waals surface area contributed by atoms with E-state index in [0.717, 1.165) is 62.7 Å². The van der Waals surface area contributed by atoms with Crippen molar-refractivity contribution < 1.29 is 9.90 Å². The highest BCUT2D eigenvalue weighted by Gasteiger charge is 2.25. The van der Waals surface area contributed by atoms with Crippen LogP contribution in [0.3, 0.4) is 0 Å². The van der Waals surface area contributed by atoms with Gasteiger partial charge in [0.05, 0.1) is 16.4 Å². The maximum absolute atomic E-state index is 13.7. The van der Waals surface area contributed by atoms with Crippen molar-refractivity contribution >= 4 is 39.4 Å². The molecule has 0 aliphatic carbocycles. The van der Waals surface area contributed by atoms with E-state index in [1.165, 1.54) is 12.8 Å². The summed E-state index contributed by atoms with van der Waals surface area (Å²) in [6.45, 7) is 8.10. The van der Waals surface area contributed by atoms with Crippen LogP contribution in [-0.2, 0) is 0 Å². The van der Waals surface area contributed by atoms with Gasteiger partial charge in [0.25, 0.3) is 5.91 Å². The molecule has 3 N–H and O–H groups in total. The Kier molecular flexibility index (Phi) is 6.31. The van der Waals surface area contributed by atoms with Crippen LogP contribution in [0.15, 0.2) is 41.2 Å². The maximum Gasteiger partial charge on any atom is 0.259 e. The van der Waals surface area contributed by atoms with Gasteiger partial charge in [-0.25, -0.2) is 4.98 Å². The van der Waals surface area contributed by atoms with Crippen LogP contribution in [0.25, 0.3) is 27.7 Å². The lowest BCUT2D eigenvalue weighted by Crippen LogP contribution is -2.49. The summed E-state index contributed by atoms with van der Waals surface area (Å²) in [5, 5.41) is 13.3. The minimum absolute atomic E-state index is 0.116. The number of nitrogens with one attached hydrogen (secondary N) is 2. The van der Waals surface area contributed by atoms with Gasteiger partial charge in [-0.3, -0.25) is 18.9 Å². The fourth-order valence-corrected chi connectivity index (χ4v) is 5.63. The van der Waals surface area contributed by atoms with Crippen LogP contribution in [0.4, 0.5) is 5.82 Å². The highest BCUT2D eigenvalue weighted by atomic mass is 16.3. The van der Waals surface area contributed by atoms with E-state index >= 15 is 0 Å². The van der Waals surface area contributed by atoms with Gasteiger partial charge in [-0.05, 0) is 57.1 Å². The number of nitrogens with zero attached hydrogens (tertiary/aromatic N) is 5. The van der Waals surface area contributed by atoms with Gasteiger partial charge in [0.2, 0.25) is 5.43 Å². The summed E-state index contributed by atoms with van der Waals surface area (Å²) in [6, 6.07) is 11.4. The molecule has 1 aromatic carbocycles. The standard InChI is InChI=1S/C27H33N7O3/c1-18(35)32-14-16-33(17-15-32)22-9-8-19-24(36)23(27(37)28-10-13-31-11-4-5-12-31)26-29-20-6-2-3-7-21(20)34(26)25(19)30-22/h2-3,6-9,18,29,35H,4-5,10-17H2,1H3,(H,28,37). The highest BCUT2D eigenvalue weighted by molar-refractivity contribution is 6.05. The molecule has 194 valence electrons. The van der Waals surface area contributed by atoms with Gasteiger partial charge in [0.1, 0.15) is 23.3 Å². The molecule has 4 aromatic rings. The van der Waals surface area contributed by atoms with Gasteiger partial charge in [0.15, 0.2) is 5.65 Å². The molecule has 5 heterocycles. The van der Waals surface area contributed by atoms with Crippen LogP contribution in [0.2, 0.25) is 0 Å². The first-order chi connectivity index (χ1) is 18.0. The van der Waals surface area contributed by atoms with Crippen molar-refractivity contribution in [2.45, 2.75) is 26.0 Å². The van der Waals surface area contributed by atoms with Gasteiger partial charge in [0, 0.05) is 39.3 Å². The molecule has 10 nitrogen and oxygen atoms in total. The molecule has 37 heavy (non-hydrogen) atoms. The second-order valence-corrected chi connectivity index (χ2v) is 10.0. The molecular formula is C27H33N7O3. The highest BCUT2D eigenvalue weighted by Crippen LogP contribution is 2.25. The molecule has 2 fully saturated rings. The number of aliphatic hydroxyl groups excluding tert-OH is 1. The number of amides is 1. The van der Waals surface area contributed by atoms with Gasteiger partial charge in [-0.15, -0.1) is 0 Å². The Bertz CT molecular complexity index is 1510. The molecule has 1 amide bonds. The summed E-state index contributed by atoms with van der Waals surface area (Å²) in [6.07, 6.45) is 1.91. The number of anilines is 1. The van der Waals surface area contributed by atoms with Gasteiger partial charge >= 0.3 is 0 Å². The molecule has 6 rings (SSSR count). The van der Waals surface area contributed by atoms with Crippen molar-refractivity contribution in [1.29, 1.82) is 0 Å². The monoisotopic (exact) mass is 503 g/mol. The Morgan fingerprint density at radius 3 is 2.59 bits per heavy atom. The fourth-order valence-electron chi connectivity index (χ4n) is 5.63. The normalized spacial score (nSPS) is 18.3. The molecule has 0 saturated carbocycles. The molecule has 2 aliphatic heterocycles. The number of imidazole rings is 1. The van der Waals surface area contributed by atoms with Crippen molar-refractivity contribution in [2.24, 2.45) is 0 Å². The average molecular weight is 504 g/mol. The van der Waals surface area contributed by atoms with E-state index in [2.05, 4.69) is 20.1 Å². The lowest BCUT2D eigenvalue weighted by atomic mass is 10.1. The molecule has 0 spiro atoms. The molecule has 0 bridgehead atoms. The van der Waals surface area contributed by atoms with Crippen LogP contribution in [0, 0.1) is 0 Å². The molecular weight excluding hydrogens is 470 g/mol. The molecule has 2 saturated heterocycles. The third-order valence-corrected chi connectivity index (χ3v) is 7.71. The Balaban J connectivity index is 1.41. The zero-order valence-corrected chi connectivity index (χ0v) is 21.1. The van der Waals surface area contributed by atoms with E-state index in [4.69, 9.17) is 4.98 Å². The number of para-hydroxylation sites is 2. The predicted molar refractivity (Wildman–Crippen MR) is 144 cm³/mol. The smallest absolute Gasteiger partial charge is 0.259 e. The number of H-pyrrole nitrogens is 1. The minimum Gasteiger partial charge on any atom is -0.379 e. The number of aromatic nitrogens is 3. The number of carbonyl (C=O) groups excluding carboxylic acids is 1. The van der Waals surface area contributed by atoms with E-state index in [9.17, 15) is 14.7 Å². The Hall–Kier alpha value is -3.47. The molecule has 3 aromatic heterocycles. The van der Waals surface area contributed by atoms with E-state index in [0.29, 0.717) is 23.2 Å². The van der Waals surface area contributed by atoms with Gasteiger partial charge in [-0.1, -0.05) is 12.1 Å². The zero-order valence-electron chi connectivity index (χ0n) is 21.1. The van der Waals surface area contributed by atoms with E-state index in [-0.39, 0.29) is 16.9 Å². The number of pyridine rings is 2. The molecule has 0 radical (unpaired) electrons. The third kappa shape index (κ3) is 4.35. The topological polar surface area (TPSA) is 109 Å². The number of aliphatic hydroxyl groups is 1. The summed E-state index contributed by atoms with van der Waals surface area (Å²) < 4.78 is 1.90. The number of piperazine rings is 1. The second-order valence-electron chi connectivity index (χ2n) is 10.0. The zero-order chi connectivity index (χ0) is 25.5.